The number of allylic oxidation sites excluding steroid dienone is 2. The van der Waals surface area contributed by atoms with Crippen LogP contribution >= 0.6 is 0 Å². The van der Waals surface area contributed by atoms with E-state index in [0.29, 0.717) is 0 Å². The molecule has 1 aromatic carbocycles. The minimum atomic E-state index is -0.166. The Hall–Kier alpha value is -1.83. The van der Waals surface area contributed by atoms with E-state index in [2.05, 4.69) is 0 Å². The van der Waals surface area contributed by atoms with Crippen LogP contribution in [-0.4, -0.2) is 10.9 Å². The van der Waals surface area contributed by atoms with Crippen LogP contribution in [-0.2, 0) is 4.79 Å². The molecule has 0 aliphatic carbocycles. The number of benzene rings is 1. The van der Waals surface area contributed by atoms with E-state index in [-0.39, 0.29) is 11.5 Å². The molecule has 0 bridgehead atoms. The third kappa shape index (κ3) is 3.72. The van der Waals surface area contributed by atoms with Gasteiger partial charge in [0.1, 0.15) is 5.76 Å². The van der Waals surface area contributed by atoms with Crippen molar-refractivity contribution in [1.29, 1.82) is 0 Å². The van der Waals surface area contributed by atoms with Gasteiger partial charge in [0.05, 0.1) is 0 Å². The number of hydrogen-bond donors (Lipinski definition) is 1. The van der Waals surface area contributed by atoms with E-state index in [1.54, 1.807) is 6.08 Å². The van der Waals surface area contributed by atoms with Gasteiger partial charge in [0.2, 0.25) is 0 Å². The maximum absolute atomic E-state index is 10.6. The lowest BCUT2D eigenvalue weighted by atomic mass is 10.2. The molecule has 0 saturated carbocycles. The number of ketones is 1. The first kappa shape index (κ1) is 10.3. The van der Waals surface area contributed by atoms with E-state index in [1.165, 1.54) is 19.1 Å². The quantitative estimate of drug-likeness (QED) is 0.450. The zero-order valence-electron chi connectivity index (χ0n) is 7.97. The summed E-state index contributed by atoms with van der Waals surface area (Å²) in [5.74, 6) is -0.193. The van der Waals surface area contributed by atoms with Crippen LogP contribution in [0.25, 0.3) is 6.08 Å². The molecule has 1 N–H and O–H groups in total. The van der Waals surface area contributed by atoms with Crippen LogP contribution in [0, 0.1) is 0 Å². The van der Waals surface area contributed by atoms with Crippen LogP contribution in [0.3, 0.4) is 0 Å². The molecule has 0 atom stereocenters. The molecule has 0 fully saturated rings. The van der Waals surface area contributed by atoms with Crippen LogP contribution in [0.15, 0.2) is 48.2 Å². The molecule has 72 valence electrons. The van der Waals surface area contributed by atoms with Crippen molar-refractivity contribution in [3.05, 3.63) is 53.8 Å². The van der Waals surface area contributed by atoms with E-state index < -0.39 is 0 Å². The van der Waals surface area contributed by atoms with Crippen LogP contribution in [0.4, 0.5) is 0 Å². The van der Waals surface area contributed by atoms with Gasteiger partial charge in [-0.15, -0.1) is 0 Å². The number of aliphatic hydroxyl groups is 1. The van der Waals surface area contributed by atoms with Gasteiger partial charge in [-0.05, 0) is 18.6 Å². The summed E-state index contributed by atoms with van der Waals surface area (Å²) in [6.45, 7) is 1.40. The topological polar surface area (TPSA) is 37.3 Å². The van der Waals surface area contributed by atoms with Gasteiger partial charge in [-0.2, -0.15) is 0 Å². The molecule has 0 heterocycles. The molecule has 0 spiro atoms. The van der Waals surface area contributed by atoms with Crippen molar-refractivity contribution >= 4 is 11.9 Å². The van der Waals surface area contributed by atoms with E-state index in [0.717, 1.165) is 5.56 Å². The molecule has 0 radical (unpaired) electrons. The molecule has 0 aromatic heterocycles. The summed E-state index contributed by atoms with van der Waals surface area (Å²) in [6.07, 6.45) is 4.42. The Balaban J connectivity index is 2.70. The molecule has 0 aliphatic rings. The van der Waals surface area contributed by atoms with E-state index in [1.807, 2.05) is 30.3 Å². The van der Waals surface area contributed by atoms with Crippen molar-refractivity contribution in [2.75, 3.05) is 0 Å². The smallest absolute Gasteiger partial charge is 0.156 e. The Morgan fingerprint density at radius 2 is 1.93 bits per heavy atom. The lowest BCUT2D eigenvalue weighted by Gasteiger charge is -1.91. The van der Waals surface area contributed by atoms with Gasteiger partial charge in [0, 0.05) is 6.08 Å². The van der Waals surface area contributed by atoms with Gasteiger partial charge in [-0.1, -0.05) is 36.4 Å². The first-order valence-electron chi connectivity index (χ1n) is 4.33. The SMILES string of the molecule is CC(=O)/C=C(O)\C=C/c1ccccc1. The van der Waals surface area contributed by atoms with Crippen molar-refractivity contribution in [2.24, 2.45) is 0 Å². The highest BCUT2D eigenvalue weighted by Gasteiger charge is 1.89. The third-order valence-corrected chi connectivity index (χ3v) is 1.60. The average Bonchev–Trinajstić information content (AvgIpc) is 2.15. The molecule has 2 nitrogen and oxygen atoms in total. The Kier molecular flexibility index (Phi) is 3.68. The van der Waals surface area contributed by atoms with Crippen molar-refractivity contribution in [1.82, 2.24) is 0 Å². The highest BCUT2D eigenvalue weighted by Crippen LogP contribution is 2.03. The lowest BCUT2D eigenvalue weighted by Crippen LogP contribution is -1.84. The van der Waals surface area contributed by atoms with Crippen LogP contribution in [0.5, 0.6) is 0 Å². The Labute approximate surface area is 83.2 Å². The Morgan fingerprint density at radius 1 is 1.29 bits per heavy atom. The number of carbonyl (C=O) groups excluding carboxylic acids is 1. The van der Waals surface area contributed by atoms with E-state index in [4.69, 9.17) is 0 Å². The molecule has 0 unspecified atom stereocenters. The molecule has 0 saturated heterocycles. The maximum atomic E-state index is 10.6. The number of hydrogen-bond acceptors (Lipinski definition) is 2. The lowest BCUT2D eigenvalue weighted by molar-refractivity contribution is -0.112. The molecule has 1 aromatic rings. The highest BCUT2D eigenvalue weighted by molar-refractivity contribution is 5.88. The highest BCUT2D eigenvalue weighted by atomic mass is 16.3. The predicted octanol–water partition coefficient (Wildman–Crippen LogP) is 2.73. The van der Waals surface area contributed by atoms with Crippen molar-refractivity contribution in [3.63, 3.8) is 0 Å². The molecule has 14 heavy (non-hydrogen) atoms. The van der Waals surface area contributed by atoms with Crippen molar-refractivity contribution < 1.29 is 9.90 Å². The summed E-state index contributed by atoms with van der Waals surface area (Å²) < 4.78 is 0. The monoisotopic (exact) mass is 188 g/mol. The molecule has 0 aliphatic heterocycles. The van der Waals surface area contributed by atoms with Gasteiger partial charge < -0.3 is 5.11 Å². The zero-order chi connectivity index (χ0) is 10.4. The minimum Gasteiger partial charge on any atom is -0.508 e. The first-order chi connectivity index (χ1) is 6.68. The van der Waals surface area contributed by atoms with Gasteiger partial charge in [0.15, 0.2) is 5.78 Å². The largest absolute Gasteiger partial charge is 0.508 e. The number of rotatable bonds is 3. The van der Waals surface area contributed by atoms with Crippen molar-refractivity contribution in [2.45, 2.75) is 6.92 Å². The van der Waals surface area contributed by atoms with Gasteiger partial charge in [-0.3, -0.25) is 4.79 Å². The summed E-state index contributed by atoms with van der Waals surface area (Å²) in [5, 5.41) is 9.23. The number of aliphatic hydroxyl groups excluding tert-OH is 1. The number of carbonyl (C=O) groups is 1. The zero-order valence-corrected chi connectivity index (χ0v) is 7.97. The second-order valence-corrected chi connectivity index (χ2v) is 2.92. The predicted molar refractivity (Wildman–Crippen MR) is 56.9 cm³/mol. The summed E-state index contributed by atoms with van der Waals surface area (Å²) in [7, 11) is 0. The molecule has 2 heteroatoms. The Bertz CT molecular complexity index is 361. The third-order valence-electron chi connectivity index (χ3n) is 1.60. The second kappa shape index (κ2) is 5.02. The Morgan fingerprint density at radius 3 is 2.50 bits per heavy atom. The van der Waals surface area contributed by atoms with Gasteiger partial charge in [-0.25, -0.2) is 0 Å². The van der Waals surface area contributed by atoms with Crippen LogP contribution in [0.1, 0.15) is 12.5 Å². The normalized spacial score (nSPS) is 11.9. The fourth-order valence-electron chi connectivity index (χ4n) is 1.00. The second-order valence-electron chi connectivity index (χ2n) is 2.92. The van der Waals surface area contributed by atoms with Gasteiger partial charge in [0.25, 0.3) is 0 Å². The van der Waals surface area contributed by atoms with E-state index >= 15 is 0 Å². The summed E-state index contributed by atoms with van der Waals surface area (Å²) >= 11 is 0. The fraction of sp³-hybridized carbons (Fsp3) is 0.0833. The standard InChI is InChI=1S/C12H12O2/c1-10(13)9-12(14)8-7-11-5-3-2-4-6-11/h2-9,14H,1H3/b8-7-,12-9+. The van der Waals surface area contributed by atoms with Crippen molar-refractivity contribution in [3.8, 4) is 0 Å². The van der Waals surface area contributed by atoms with Gasteiger partial charge >= 0.3 is 0 Å². The minimum absolute atomic E-state index is 0.0265. The molecular formula is C12H12O2. The van der Waals surface area contributed by atoms with Crippen LogP contribution < -0.4 is 0 Å². The summed E-state index contributed by atoms with van der Waals surface area (Å²) in [5.41, 5.74) is 0.982. The summed E-state index contributed by atoms with van der Waals surface area (Å²) in [6, 6.07) is 9.56. The van der Waals surface area contributed by atoms with Crippen LogP contribution in [0.2, 0.25) is 0 Å². The molecular weight excluding hydrogens is 176 g/mol. The summed E-state index contributed by atoms with van der Waals surface area (Å²) in [4.78, 5) is 10.6. The molecule has 1 rings (SSSR count). The average molecular weight is 188 g/mol. The molecule has 0 amide bonds. The first-order valence-corrected chi connectivity index (χ1v) is 4.33. The fourth-order valence-corrected chi connectivity index (χ4v) is 1.00. The van der Waals surface area contributed by atoms with E-state index in [9.17, 15) is 9.90 Å². The maximum Gasteiger partial charge on any atom is 0.156 e.